The molecule has 3 atom stereocenters. The molecule has 2 aliphatic rings. The number of halogens is 1. The predicted molar refractivity (Wildman–Crippen MR) is 86.7 cm³/mol. The SMILES string of the molecule is O=C(NCc1ccc(Br)s1)C1CCC2CCCCC2C1. The van der Waals surface area contributed by atoms with Crippen molar-refractivity contribution in [2.75, 3.05) is 0 Å². The van der Waals surface area contributed by atoms with Crippen LogP contribution in [-0.2, 0) is 11.3 Å². The first kappa shape index (κ1) is 14.6. The number of rotatable bonds is 3. The van der Waals surface area contributed by atoms with Crippen molar-refractivity contribution in [3.8, 4) is 0 Å². The maximum Gasteiger partial charge on any atom is 0.223 e. The fourth-order valence-corrected chi connectivity index (χ4v) is 5.30. The van der Waals surface area contributed by atoms with Gasteiger partial charge in [-0.2, -0.15) is 0 Å². The first-order valence-corrected chi connectivity index (χ1v) is 9.35. The first-order valence-electron chi connectivity index (χ1n) is 7.74. The highest BCUT2D eigenvalue weighted by atomic mass is 79.9. The Morgan fingerprint density at radius 1 is 1.20 bits per heavy atom. The summed E-state index contributed by atoms with van der Waals surface area (Å²) in [5.74, 6) is 2.28. The van der Waals surface area contributed by atoms with Crippen molar-refractivity contribution in [3.63, 3.8) is 0 Å². The van der Waals surface area contributed by atoms with Crippen LogP contribution in [0.2, 0.25) is 0 Å². The minimum absolute atomic E-state index is 0.262. The maximum atomic E-state index is 12.3. The van der Waals surface area contributed by atoms with Crippen LogP contribution in [0.25, 0.3) is 0 Å². The van der Waals surface area contributed by atoms with Crippen molar-refractivity contribution < 1.29 is 4.79 Å². The lowest BCUT2D eigenvalue weighted by Crippen LogP contribution is -2.36. The fourth-order valence-electron chi connectivity index (χ4n) is 3.88. The molecule has 0 radical (unpaired) electrons. The average molecular weight is 356 g/mol. The van der Waals surface area contributed by atoms with Crippen molar-refractivity contribution in [2.24, 2.45) is 17.8 Å². The number of hydrogen-bond acceptors (Lipinski definition) is 2. The van der Waals surface area contributed by atoms with E-state index in [4.69, 9.17) is 0 Å². The molecule has 2 aliphatic carbocycles. The van der Waals surface area contributed by atoms with Crippen LogP contribution in [-0.4, -0.2) is 5.91 Å². The molecule has 0 bridgehead atoms. The van der Waals surface area contributed by atoms with Gasteiger partial charge in [0.1, 0.15) is 0 Å². The highest BCUT2D eigenvalue weighted by molar-refractivity contribution is 9.11. The maximum absolute atomic E-state index is 12.3. The zero-order valence-corrected chi connectivity index (χ0v) is 14.1. The number of carbonyl (C=O) groups excluding carboxylic acids is 1. The number of amides is 1. The lowest BCUT2D eigenvalue weighted by molar-refractivity contribution is -0.127. The molecule has 2 fully saturated rings. The Bertz CT molecular complexity index is 473. The second-order valence-corrected chi connectivity index (χ2v) is 8.79. The molecule has 1 N–H and O–H groups in total. The summed E-state index contributed by atoms with van der Waals surface area (Å²) >= 11 is 5.16. The van der Waals surface area contributed by atoms with Gasteiger partial charge in [-0.15, -0.1) is 11.3 Å². The van der Waals surface area contributed by atoms with Gasteiger partial charge in [0.05, 0.1) is 10.3 Å². The highest BCUT2D eigenvalue weighted by Crippen LogP contribution is 2.42. The number of thiophene rings is 1. The molecule has 0 saturated heterocycles. The third-order valence-corrected chi connectivity index (χ3v) is 6.60. The Kier molecular flexibility index (Phi) is 4.82. The van der Waals surface area contributed by atoms with Gasteiger partial charge in [0.2, 0.25) is 5.91 Å². The van der Waals surface area contributed by atoms with Crippen LogP contribution in [0.3, 0.4) is 0 Å². The summed E-state index contributed by atoms with van der Waals surface area (Å²) in [4.78, 5) is 13.6. The molecule has 0 spiro atoms. The molecule has 3 rings (SSSR count). The van der Waals surface area contributed by atoms with Gasteiger partial charge in [0.15, 0.2) is 0 Å². The Hall–Kier alpha value is -0.350. The number of hydrogen-bond donors (Lipinski definition) is 1. The van der Waals surface area contributed by atoms with Gasteiger partial charge in [-0.25, -0.2) is 0 Å². The zero-order chi connectivity index (χ0) is 13.9. The topological polar surface area (TPSA) is 29.1 Å². The van der Waals surface area contributed by atoms with Gasteiger partial charge in [-0.1, -0.05) is 25.7 Å². The first-order chi connectivity index (χ1) is 9.72. The molecule has 4 heteroatoms. The van der Waals surface area contributed by atoms with E-state index in [1.54, 1.807) is 11.3 Å². The minimum atomic E-state index is 0.262. The normalized spacial score (nSPS) is 29.8. The Labute approximate surface area is 133 Å². The molecule has 0 aliphatic heterocycles. The molecular formula is C16H22BrNOS. The molecule has 1 aromatic heterocycles. The quantitative estimate of drug-likeness (QED) is 0.833. The monoisotopic (exact) mass is 355 g/mol. The molecule has 0 aromatic carbocycles. The average Bonchev–Trinajstić information content (AvgIpc) is 2.90. The van der Waals surface area contributed by atoms with E-state index < -0.39 is 0 Å². The fraction of sp³-hybridized carbons (Fsp3) is 0.688. The minimum Gasteiger partial charge on any atom is -0.351 e. The van der Waals surface area contributed by atoms with Gasteiger partial charge in [-0.3, -0.25) is 4.79 Å². The van der Waals surface area contributed by atoms with E-state index in [1.165, 1.54) is 37.0 Å². The molecule has 2 nitrogen and oxygen atoms in total. The Morgan fingerprint density at radius 2 is 2.00 bits per heavy atom. The zero-order valence-electron chi connectivity index (χ0n) is 11.7. The van der Waals surface area contributed by atoms with Gasteiger partial charge < -0.3 is 5.32 Å². The molecule has 110 valence electrons. The molecule has 1 aromatic rings. The summed E-state index contributed by atoms with van der Waals surface area (Å²) in [7, 11) is 0. The third-order valence-electron chi connectivity index (χ3n) is 4.98. The van der Waals surface area contributed by atoms with E-state index >= 15 is 0 Å². The number of nitrogens with one attached hydrogen (secondary N) is 1. The summed E-state index contributed by atoms with van der Waals surface area (Å²) in [6, 6.07) is 4.12. The summed E-state index contributed by atoms with van der Waals surface area (Å²) in [6.07, 6.45) is 9.04. The van der Waals surface area contributed by atoms with Gasteiger partial charge in [0.25, 0.3) is 0 Å². The third kappa shape index (κ3) is 3.45. The molecular weight excluding hydrogens is 334 g/mol. The van der Waals surface area contributed by atoms with Crippen LogP contribution in [0.15, 0.2) is 15.9 Å². The Morgan fingerprint density at radius 3 is 2.75 bits per heavy atom. The van der Waals surface area contributed by atoms with E-state index in [9.17, 15) is 4.79 Å². The molecule has 2 saturated carbocycles. The highest BCUT2D eigenvalue weighted by Gasteiger charge is 2.34. The van der Waals surface area contributed by atoms with Gasteiger partial charge >= 0.3 is 0 Å². The van der Waals surface area contributed by atoms with E-state index in [0.717, 1.165) is 28.5 Å². The summed E-state index contributed by atoms with van der Waals surface area (Å²) in [5.41, 5.74) is 0. The lowest BCUT2D eigenvalue weighted by atomic mass is 9.67. The van der Waals surface area contributed by atoms with Crippen LogP contribution >= 0.6 is 27.3 Å². The molecule has 20 heavy (non-hydrogen) atoms. The second-order valence-electron chi connectivity index (χ2n) is 6.24. The standard InChI is InChI=1S/C16H22BrNOS/c17-15-8-7-14(20-15)10-18-16(19)13-6-5-11-3-1-2-4-12(11)9-13/h7-8,11-13H,1-6,9-10H2,(H,18,19). The van der Waals surface area contributed by atoms with Crippen LogP contribution in [0.1, 0.15) is 49.8 Å². The van der Waals surface area contributed by atoms with Gasteiger partial charge in [0, 0.05) is 10.8 Å². The summed E-state index contributed by atoms with van der Waals surface area (Å²) in [5, 5.41) is 3.13. The van der Waals surface area contributed by atoms with Crippen LogP contribution < -0.4 is 5.32 Å². The molecule has 3 unspecified atom stereocenters. The van der Waals surface area contributed by atoms with Crippen molar-refractivity contribution in [2.45, 2.75) is 51.5 Å². The summed E-state index contributed by atoms with van der Waals surface area (Å²) < 4.78 is 1.13. The van der Waals surface area contributed by atoms with Crippen molar-refractivity contribution in [3.05, 3.63) is 20.8 Å². The number of fused-ring (bicyclic) bond motifs is 1. The van der Waals surface area contributed by atoms with E-state index in [1.807, 2.05) is 6.07 Å². The Balaban J connectivity index is 1.50. The van der Waals surface area contributed by atoms with E-state index in [-0.39, 0.29) is 11.8 Å². The van der Waals surface area contributed by atoms with Gasteiger partial charge in [-0.05, 0) is 59.2 Å². The largest absolute Gasteiger partial charge is 0.351 e. The second kappa shape index (κ2) is 6.61. The van der Waals surface area contributed by atoms with Crippen LogP contribution in [0.4, 0.5) is 0 Å². The smallest absolute Gasteiger partial charge is 0.223 e. The van der Waals surface area contributed by atoms with Crippen molar-refractivity contribution in [1.82, 2.24) is 5.32 Å². The number of carbonyl (C=O) groups is 1. The predicted octanol–water partition coefficient (Wildman–Crippen LogP) is 4.73. The molecule has 1 heterocycles. The van der Waals surface area contributed by atoms with E-state index in [0.29, 0.717) is 6.54 Å². The van der Waals surface area contributed by atoms with Crippen molar-refractivity contribution in [1.29, 1.82) is 0 Å². The van der Waals surface area contributed by atoms with E-state index in [2.05, 4.69) is 27.3 Å². The lowest BCUT2D eigenvalue weighted by Gasteiger charge is -2.38. The van der Waals surface area contributed by atoms with Crippen molar-refractivity contribution >= 4 is 33.2 Å². The summed E-state index contributed by atoms with van der Waals surface area (Å²) in [6.45, 7) is 0.680. The van der Waals surface area contributed by atoms with Crippen LogP contribution in [0, 0.1) is 17.8 Å². The van der Waals surface area contributed by atoms with Crippen LogP contribution in [0.5, 0.6) is 0 Å². The molecule has 1 amide bonds.